The molecule has 0 unspecified atom stereocenters. The van der Waals surface area contributed by atoms with Crippen LogP contribution in [0.15, 0.2) is 558 Å². The first kappa shape index (κ1) is 82.0. The van der Waals surface area contributed by atoms with E-state index in [1.54, 1.807) is 0 Å². The Balaban J connectivity index is 0.000000146. The molecular weight excluding hydrogens is 1670 g/mol. The van der Waals surface area contributed by atoms with Crippen molar-refractivity contribution in [1.82, 2.24) is 9.13 Å². The summed E-state index contributed by atoms with van der Waals surface area (Å²) in [6.07, 6.45) is 0. The summed E-state index contributed by atoms with van der Waals surface area (Å²) in [7, 11) is 0. The van der Waals surface area contributed by atoms with Crippen LogP contribution >= 0.6 is 0 Å². The van der Waals surface area contributed by atoms with Crippen molar-refractivity contribution in [2.45, 2.75) is 10.8 Å². The Bertz CT molecular complexity index is 8520. The molecule has 0 spiro atoms. The van der Waals surface area contributed by atoms with Gasteiger partial charge in [0.05, 0.1) is 32.9 Å². The first-order chi connectivity index (χ1) is 68.4. The molecule has 0 radical (unpaired) electrons. The van der Waals surface area contributed by atoms with Gasteiger partial charge in [0.25, 0.3) is 0 Å². The Morgan fingerprint density at radius 2 is 0.370 bits per heavy atom. The topological polar surface area (TPSA) is 16.3 Å². The third-order valence-electron chi connectivity index (χ3n) is 28.6. The Morgan fingerprint density at radius 3 is 0.717 bits per heavy atom. The smallest absolute Gasteiger partial charge is 0.0714 e. The molecule has 2 aliphatic rings. The predicted octanol–water partition coefficient (Wildman–Crippen LogP) is 35.2. The minimum Gasteiger partial charge on any atom is -0.310 e. The van der Waals surface area contributed by atoms with E-state index in [1.807, 2.05) is 0 Å². The van der Waals surface area contributed by atoms with Crippen LogP contribution in [0, 0.1) is 0 Å². The number of nitrogens with zero attached hydrogens (tertiary/aromatic N) is 4. The zero-order valence-electron chi connectivity index (χ0n) is 75.9. The molecule has 26 rings (SSSR count). The van der Waals surface area contributed by atoms with E-state index < -0.39 is 10.8 Å². The summed E-state index contributed by atoms with van der Waals surface area (Å²) >= 11 is 0. The van der Waals surface area contributed by atoms with Crippen LogP contribution in [0.4, 0.5) is 34.1 Å². The predicted molar refractivity (Wildman–Crippen MR) is 578 cm³/mol. The third-order valence-corrected chi connectivity index (χ3v) is 28.6. The first-order valence-corrected chi connectivity index (χ1v) is 47.7. The maximum Gasteiger partial charge on any atom is 0.0714 e. The van der Waals surface area contributed by atoms with E-state index in [-0.39, 0.29) is 0 Å². The highest BCUT2D eigenvalue weighted by Crippen LogP contribution is 2.60. The van der Waals surface area contributed by atoms with Crippen LogP contribution < -0.4 is 9.80 Å². The number of hydrogen-bond donors (Lipinski definition) is 0. The highest BCUT2D eigenvalue weighted by atomic mass is 15.1. The van der Waals surface area contributed by atoms with Gasteiger partial charge in [0.1, 0.15) is 0 Å². The van der Waals surface area contributed by atoms with Crippen LogP contribution in [0.2, 0.25) is 0 Å². The van der Waals surface area contributed by atoms with Gasteiger partial charge in [0.15, 0.2) is 0 Å². The molecule has 648 valence electrons. The zero-order chi connectivity index (χ0) is 91.5. The number of aromatic nitrogens is 2. The molecular formula is C134H92N4. The Labute approximate surface area is 804 Å². The zero-order valence-corrected chi connectivity index (χ0v) is 75.9. The van der Waals surface area contributed by atoms with Crippen LogP contribution in [-0.2, 0) is 10.8 Å². The summed E-state index contributed by atoms with van der Waals surface area (Å²) in [6.45, 7) is 0. The van der Waals surface area contributed by atoms with Crippen molar-refractivity contribution < 1.29 is 0 Å². The quantitative estimate of drug-likeness (QED) is 0.0851. The van der Waals surface area contributed by atoms with E-state index in [1.165, 1.54) is 172 Å². The number of benzene rings is 22. The summed E-state index contributed by atoms with van der Waals surface area (Å²) in [5.74, 6) is 0. The van der Waals surface area contributed by atoms with Crippen molar-refractivity contribution in [2.75, 3.05) is 9.80 Å². The van der Waals surface area contributed by atoms with Gasteiger partial charge in [-0.3, -0.25) is 0 Å². The molecule has 0 saturated carbocycles. The molecule has 4 heteroatoms. The fourth-order valence-corrected chi connectivity index (χ4v) is 22.3. The molecule has 2 aromatic heterocycles. The number of para-hydroxylation sites is 3. The van der Waals surface area contributed by atoms with E-state index in [2.05, 4.69) is 577 Å². The fraction of sp³-hybridized carbons (Fsp3) is 0.0149. The molecule has 0 aliphatic heterocycles. The lowest BCUT2D eigenvalue weighted by Gasteiger charge is -2.35. The summed E-state index contributed by atoms with van der Waals surface area (Å²) < 4.78 is 4.77. The molecule has 0 saturated heterocycles. The third kappa shape index (κ3) is 14.2. The lowest BCUT2D eigenvalue weighted by atomic mass is 9.67. The Morgan fingerprint density at radius 1 is 0.138 bits per heavy atom. The minimum atomic E-state index is -0.518. The summed E-state index contributed by atoms with van der Waals surface area (Å²) in [6, 6.07) is 204. The van der Waals surface area contributed by atoms with Gasteiger partial charge in [-0.15, -0.1) is 0 Å². The molecule has 0 bridgehead atoms. The van der Waals surface area contributed by atoms with Gasteiger partial charge in [-0.05, 0) is 279 Å². The van der Waals surface area contributed by atoms with Gasteiger partial charge in [0, 0.05) is 67.0 Å². The van der Waals surface area contributed by atoms with Crippen molar-refractivity contribution in [3.05, 3.63) is 603 Å². The molecule has 22 aromatic carbocycles. The number of fused-ring (bicyclic) bond motifs is 12. The van der Waals surface area contributed by atoms with Crippen molar-refractivity contribution in [3.8, 4) is 100 Å². The fourth-order valence-electron chi connectivity index (χ4n) is 22.3. The maximum atomic E-state index is 2.46. The van der Waals surface area contributed by atoms with Gasteiger partial charge in [0.2, 0.25) is 0 Å². The Hall–Kier alpha value is -18.0. The van der Waals surface area contributed by atoms with E-state index >= 15 is 0 Å². The van der Waals surface area contributed by atoms with E-state index in [4.69, 9.17) is 0 Å². The molecule has 0 amide bonds. The molecule has 138 heavy (non-hydrogen) atoms. The van der Waals surface area contributed by atoms with Gasteiger partial charge >= 0.3 is 0 Å². The van der Waals surface area contributed by atoms with Crippen LogP contribution in [0.25, 0.3) is 144 Å². The standard InChI is InChI=1S/2C67H46N2/c1-6-18-47(19-7-1)49-30-36-56(37-31-49)68(58-40-41-60-59-28-16-17-29-63(59)67(64(60)46-58,53-22-10-3-11-23-53)54-24-12-4-13-25-54)57-38-32-50(33-39-57)52-35-43-66-62(45-52)61-44-51(48-20-8-2-9-21-48)34-42-65(61)69(66)55-26-14-5-15-27-55;1-5-18-47(19-6-1)50-20-17-21-51(44-50)48-32-37-56(38-33-48)68(57-39-34-49(35-40-57)52-36-43-66-62(45-52)61-29-14-16-31-65(61)69(66)55-26-11-4-12-27-55)58-41-42-60-59-28-13-15-30-63(59)67(64(60)46-58,53-22-7-2-8-23-53)54-24-9-3-10-25-54/h2*1-46H. The van der Waals surface area contributed by atoms with Crippen LogP contribution in [0.5, 0.6) is 0 Å². The lowest BCUT2D eigenvalue weighted by molar-refractivity contribution is 0.768. The highest BCUT2D eigenvalue weighted by Gasteiger charge is 2.48. The van der Waals surface area contributed by atoms with Gasteiger partial charge in [-0.1, -0.05) is 413 Å². The van der Waals surface area contributed by atoms with Crippen molar-refractivity contribution in [2.24, 2.45) is 0 Å². The van der Waals surface area contributed by atoms with E-state index in [0.29, 0.717) is 0 Å². The Kier molecular flexibility index (Phi) is 20.7. The molecule has 0 fully saturated rings. The van der Waals surface area contributed by atoms with Crippen molar-refractivity contribution in [3.63, 3.8) is 0 Å². The molecule has 2 aliphatic carbocycles. The van der Waals surface area contributed by atoms with Crippen LogP contribution in [0.1, 0.15) is 44.5 Å². The van der Waals surface area contributed by atoms with Crippen LogP contribution in [0.3, 0.4) is 0 Å². The van der Waals surface area contributed by atoms with Crippen molar-refractivity contribution in [1.29, 1.82) is 0 Å². The van der Waals surface area contributed by atoms with Gasteiger partial charge in [-0.25, -0.2) is 0 Å². The molecule has 24 aromatic rings. The van der Waals surface area contributed by atoms with Gasteiger partial charge < -0.3 is 18.9 Å². The summed E-state index contributed by atoms with van der Waals surface area (Å²) in [4.78, 5) is 4.85. The largest absolute Gasteiger partial charge is 0.310 e. The SMILES string of the molecule is c1ccc(-c2ccc(N(c3ccc(-c4ccc5c(c4)c4cc(-c6ccccc6)ccc4n5-c4ccccc4)cc3)c3ccc4c(c3)C(c3ccccc3)(c3ccccc3)c3ccccc3-4)cc2)cc1.c1ccc(-c2cccc(-c3ccc(N(c4ccc(-c5ccc6c(c5)c5ccccc5n6-c5ccccc5)cc4)c4ccc5c(c4)C(c4ccccc4)(c4ccccc4)c4ccccc4-5)cc3)c2)cc1. The molecule has 4 nitrogen and oxygen atoms in total. The second-order valence-electron chi connectivity index (χ2n) is 36.1. The second-order valence-corrected chi connectivity index (χ2v) is 36.1. The summed E-state index contributed by atoms with van der Waals surface area (Å²) in [5.41, 5.74) is 42.1. The monoisotopic (exact) mass is 1760 g/mol. The minimum absolute atomic E-state index is 0.513. The average molecular weight is 1760 g/mol. The average Bonchev–Trinajstić information content (AvgIpc) is 1.54. The normalized spacial score (nSPS) is 12.5. The molecule has 0 atom stereocenters. The molecule has 0 N–H and O–H groups in total. The van der Waals surface area contributed by atoms with Crippen molar-refractivity contribution >= 4 is 77.7 Å². The number of hydrogen-bond acceptors (Lipinski definition) is 2. The van der Waals surface area contributed by atoms with E-state index in [0.717, 1.165) is 51.1 Å². The summed E-state index contributed by atoms with van der Waals surface area (Å²) in [5, 5.41) is 4.95. The van der Waals surface area contributed by atoms with E-state index in [9.17, 15) is 0 Å². The maximum absolute atomic E-state index is 2.46. The molecule has 2 heterocycles. The first-order valence-electron chi connectivity index (χ1n) is 47.7. The highest BCUT2D eigenvalue weighted by molar-refractivity contribution is 6.13. The van der Waals surface area contributed by atoms with Crippen LogP contribution in [-0.4, -0.2) is 9.13 Å². The lowest BCUT2D eigenvalue weighted by Crippen LogP contribution is -2.28. The second kappa shape index (κ2) is 34.9. The van der Waals surface area contributed by atoms with Gasteiger partial charge in [-0.2, -0.15) is 0 Å². The number of anilines is 6. The number of rotatable bonds is 18.